The number of halogens is 1. The Hall–Kier alpha value is -2.58. The third-order valence-electron chi connectivity index (χ3n) is 5.50. The second kappa shape index (κ2) is 11.9. The number of amides is 2. The molecule has 0 aromatic heterocycles. The van der Waals surface area contributed by atoms with Crippen molar-refractivity contribution in [2.75, 3.05) is 17.1 Å². The first-order valence-electron chi connectivity index (χ1n) is 11.6. The van der Waals surface area contributed by atoms with Gasteiger partial charge in [-0.15, -0.1) is 0 Å². The maximum absolute atomic E-state index is 13.3. The molecule has 0 unspecified atom stereocenters. The van der Waals surface area contributed by atoms with Gasteiger partial charge in [-0.25, -0.2) is 8.42 Å². The van der Waals surface area contributed by atoms with E-state index in [-0.39, 0.29) is 31.3 Å². The molecule has 0 spiro atoms. The zero-order chi connectivity index (χ0) is 26.4. The summed E-state index contributed by atoms with van der Waals surface area (Å²) in [6, 6.07) is 13.7. The molecular weight excluding hydrogens is 486 g/mol. The lowest BCUT2D eigenvalue weighted by atomic mass is 10.1. The summed E-state index contributed by atoms with van der Waals surface area (Å²) in [5.74, 6) is -0.518. The van der Waals surface area contributed by atoms with Crippen molar-refractivity contribution in [3.8, 4) is 0 Å². The maximum Gasteiger partial charge on any atom is 0.242 e. The molecular formula is C26H36ClN3O4S. The molecule has 0 aliphatic rings. The lowest BCUT2D eigenvalue weighted by Gasteiger charge is -2.32. The first-order chi connectivity index (χ1) is 16.2. The van der Waals surface area contributed by atoms with E-state index in [1.807, 2.05) is 52.0 Å². The summed E-state index contributed by atoms with van der Waals surface area (Å²) in [6.07, 6.45) is 1.53. The van der Waals surface area contributed by atoms with Crippen LogP contribution in [-0.4, -0.2) is 49.5 Å². The molecule has 9 heteroatoms. The van der Waals surface area contributed by atoms with Crippen LogP contribution in [0, 0.1) is 6.92 Å². The van der Waals surface area contributed by atoms with Crippen LogP contribution in [0.25, 0.3) is 0 Å². The van der Waals surface area contributed by atoms with E-state index < -0.39 is 21.6 Å². The lowest BCUT2D eigenvalue weighted by molar-refractivity contribution is -0.141. The molecule has 192 valence electrons. The fraction of sp³-hybridized carbons (Fsp3) is 0.462. The first kappa shape index (κ1) is 28.7. The SMILES string of the molecule is Cc1ccccc1N(CCCC(=O)N(Cc1ccccc1Cl)[C@@H](C)C(=O)NC(C)(C)C)S(C)(=O)=O. The summed E-state index contributed by atoms with van der Waals surface area (Å²) >= 11 is 6.33. The van der Waals surface area contributed by atoms with E-state index in [0.717, 1.165) is 17.4 Å². The van der Waals surface area contributed by atoms with Crippen molar-refractivity contribution in [3.63, 3.8) is 0 Å². The summed E-state index contributed by atoms with van der Waals surface area (Å²) in [4.78, 5) is 27.7. The Bertz CT molecular complexity index is 1150. The minimum atomic E-state index is -3.54. The number of hydrogen-bond acceptors (Lipinski definition) is 4. The number of anilines is 1. The van der Waals surface area contributed by atoms with Crippen LogP contribution in [0.15, 0.2) is 48.5 Å². The summed E-state index contributed by atoms with van der Waals surface area (Å²) < 4.78 is 26.3. The number of sulfonamides is 1. The zero-order valence-corrected chi connectivity index (χ0v) is 22.9. The predicted octanol–water partition coefficient (Wildman–Crippen LogP) is 4.53. The van der Waals surface area contributed by atoms with Crippen LogP contribution >= 0.6 is 11.6 Å². The van der Waals surface area contributed by atoms with Gasteiger partial charge in [-0.1, -0.05) is 48.0 Å². The Kier molecular flexibility index (Phi) is 9.75. The number of carbonyl (C=O) groups excluding carboxylic acids is 2. The van der Waals surface area contributed by atoms with Crippen molar-refractivity contribution in [1.82, 2.24) is 10.2 Å². The summed E-state index contributed by atoms with van der Waals surface area (Å²) in [5, 5.41) is 3.43. The molecule has 0 saturated heterocycles. The molecule has 35 heavy (non-hydrogen) atoms. The molecule has 0 aliphatic heterocycles. The highest BCUT2D eigenvalue weighted by atomic mass is 35.5. The second-order valence-electron chi connectivity index (χ2n) is 9.75. The van der Waals surface area contributed by atoms with Gasteiger partial charge in [-0.2, -0.15) is 0 Å². The van der Waals surface area contributed by atoms with Gasteiger partial charge >= 0.3 is 0 Å². The van der Waals surface area contributed by atoms with Gasteiger partial charge in [-0.3, -0.25) is 13.9 Å². The van der Waals surface area contributed by atoms with E-state index in [0.29, 0.717) is 17.1 Å². The molecule has 2 aromatic rings. The van der Waals surface area contributed by atoms with Crippen LogP contribution < -0.4 is 9.62 Å². The van der Waals surface area contributed by atoms with E-state index >= 15 is 0 Å². The van der Waals surface area contributed by atoms with Gasteiger partial charge in [0, 0.05) is 30.1 Å². The largest absolute Gasteiger partial charge is 0.350 e. The number of nitrogens with zero attached hydrogens (tertiary/aromatic N) is 2. The van der Waals surface area contributed by atoms with E-state index in [1.165, 1.54) is 9.21 Å². The first-order valence-corrected chi connectivity index (χ1v) is 13.8. The van der Waals surface area contributed by atoms with Crippen molar-refractivity contribution in [2.45, 2.75) is 65.6 Å². The monoisotopic (exact) mass is 521 g/mol. The van der Waals surface area contributed by atoms with Gasteiger partial charge in [0.25, 0.3) is 0 Å². The smallest absolute Gasteiger partial charge is 0.242 e. The quantitative estimate of drug-likeness (QED) is 0.497. The van der Waals surface area contributed by atoms with Crippen molar-refractivity contribution in [1.29, 1.82) is 0 Å². The van der Waals surface area contributed by atoms with Gasteiger partial charge in [0.2, 0.25) is 21.8 Å². The van der Waals surface area contributed by atoms with Crippen LogP contribution in [0.3, 0.4) is 0 Å². The predicted molar refractivity (Wildman–Crippen MR) is 142 cm³/mol. The van der Waals surface area contributed by atoms with Crippen LogP contribution in [0.5, 0.6) is 0 Å². The van der Waals surface area contributed by atoms with E-state index in [9.17, 15) is 18.0 Å². The molecule has 7 nitrogen and oxygen atoms in total. The van der Waals surface area contributed by atoms with Gasteiger partial charge in [0.15, 0.2) is 0 Å². The fourth-order valence-electron chi connectivity index (χ4n) is 3.69. The average Bonchev–Trinajstić information content (AvgIpc) is 2.74. The maximum atomic E-state index is 13.3. The molecule has 2 aromatic carbocycles. The Morgan fingerprint density at radius 3 is 2.23 bits per heavy atom. The molecule has 1 atom stereocenters. The molecule has 0 bridgehead atoms. The van der Waals surface area contributed by atoms with Gasteiger partial charge in [-0.05, 0) is 64.3 Å². The van der Waals surface area contributed by atoms with E-state index in [4.69, 9.17) is 11.6 Å². The van der Waals surface area contributed by atoms with Crippen LogP contribution in [0.4, 0.5) is 5.69 Å². The zero-order valence-electron chi connectivity index (χ0n) is 21.3. The topological polar surface area (TPSA) is 86.8 Å². The summed E-state index contributed by atoms with van der Waals surface area (Å²) in [5.41, 5.74) is 1.70. The van der Waals surface area contributed by atoms with Crippen LogP contribution in [0.2, 0.25) is 5.02 Å². The molecule has 0 heterocycles. The second-order valence-corrected chi connectivity index (χ2v) is 12.1. The highest BCUT2D eigenvalue weighted by Gasteiger charge is 2.29. The Balaban J connectivity index is 2.21. The molecule has 1 N–H and O–H groups in total. The summed E-state index contributed by atoms with van der Waals surface area (Å²) in [7, 11) is -3.54. The van der Waals surface area contributed by atoms with Crippen LogP contribution in [-0.2, 0) is 26.2 Å². The highest BCUT2D eigenvalue weighted by Crippen LogP contribution is 2.23. The number of rotatable bonds is 10. The number of nitrogens with one attached hydrogen (secondary N) is 1. The third-order valence-corrected chi connectivity index (χ3v) is 7.05. The van der Waals surface area contributed by atoms with E-state index in [2.05, 4.69) is 5.32 Å². The van der Waals surface area contributed by atoms with Crippen molar-refractivity contribution in [3.05, 3.63) is 64.7 Å². The number of benzene rings is 2. The molecule has 0 saturated carbocycles. The molecule has 0 aliphatic carbocycles. The number of para-hydroxylation sites is 1. The normalized spacial score (nSPS) is 12.7. The third kappa shape index (κ3) is 8.54. The van der Waals surface area contributed by atoms with Crippen molar-refractivity contribution < 1.29 is 18.0 Å². The van der Waals surface area contributed by atoms with Crippen molar-refractivity contribution in [2.24, 2.45) is 0 Å². The Labute approximate surface area is 214 Å². The number of carbonyl (C=O) groups is 2. The minimum absolute atomic E-state index is 0.0789. The molecule has 0 fully saturated rings. The van der Waals surface area contributed by atoms with Gasteiger partial charge < -0.3 is 10.2 Å². The minimum Gasteiger partial charge on any atom is -0.350 e. The van der Waals surface area contributed by atoms with Crippen molar-refractivity contribution >= 4 is 39.1 Å². The van der Waals surface area contributed by atoms with Gasteiger partial charge in [0.1, 0.15) is 6.04 Å². The number of aryl methyl sites for hydroxylation is 1. The van der Waals surface area contributed by atoms with E-state index in [1.54, 1.807) is 31.2 Å². The standard InChI is InChI=1S/C26H36ClN3O4S/c1-19-12-7-10-15-23(19)30(35(6,33)34)17-11-16-24(31)29(18-21-13-8-9-14-22(21)27)20(2)25(32)28-26(3,4)5/h7-10,12-15,20H,11,16-18H2,1-6H3,(H,28,32)/t20-/m0/s1. The van der Waals surface area contributed by atoms with Gasteiger partial charge in [0.05, 0.1) is 11.9 Å². The number of hydrogen-bond donors (Lipinski definition) is 1. The Morgan fingerprint density at radius 2 is 1.66 bits per heavy atom. The fourth-order valence-corrected chi connectivity index (χ4v) is 4.91. The highest BCUT2D eigenvalue weighted by molar-refractivity contribution is 7.92. The lowest BCUT2D eigenvalue weighted by Crippen LogP contribution is -2.52. The Morgan fingerprint density at radius 1 is 1.06 bits per heavy atom. The average molecular weight is 522 g/mol. The van der Waals surface area contributed by atoms with Crippen LogP contribution in [0.1, 0.15) is 51.7 Å². The molecule has 2 amide bonds. The molecule has 0 radical (unpaired) electrons. The summed E-state index contributed by atoms with van der Waals surface area (Å²) in [6.45, 7) is 9.49. The molecule has 2 rings (SSSR count).